The van der Waals surface area contributed by atoms with Crippen LogP contribution < -0.4 is 5.23 Å². The van der Waals surface area contributed by atoms with Gasteiger partial charge in [-0.3, -0.25) is 0 Å². The van der Waals surface area contributed by atoms with E-state index >= 15 is 0 Å². The molecule has 2 N–H and O–H groups in total. The van der Waals surface area contributed by atoms with Gasteiger partial charge in [0.1, 0.15) is 17.0 Å². The first kappa shape index (κ1) is 18.4. The van der Waals surface area contributed by atoms with Crippen LogP contribution >= 0.6 is 0 Å². The predicted molar refractivity (Wildman–Crippen MR) is 108 cm³/mol. The van der Waals surface area contributed by atoms with Gasteiger partial charge in [-0.1, -0.05) is 0 Å². The Morgan fingerprint density at radius 3 is 2.57 bits per heavy atom. The summed E-state index contributed by atoms with van der Waals surface area (Å²) in [5.41, 5.74) is 1.85. The van der Waals surface area contributed by atoms with Crippen LogP contribution in [0.2, 0.25) is 6.82 Å². The van der Waals surface area contributed by atoms with Gasteiger partial charge in [0, 0.05) is 6.04 Å². The van der Waals surface area contributed by atoms with Crippen LogP contribution in [0.4, 0.5) is 5.69 Å². The van der Waals surface area contributed by atoms with Crippen molar-refractivity contribution in [1.82, 2.24) is 14.8 Å². The topological polar surface area (TPSA) is 73.8 Å². The Kier molecular flexibility index (Phi) is 3.92. The summed E-state index contributed by atoms with van der Waals surface area (Å²) in [5, 5.41) is 11.8. The van der Waals surface area contributed by atoms with Gasteiger partial charge in [-0.25, -0.2) is 14.7 Å². The van der Waals surface area contributed by atoms with E-state index in [1.54, 1.807) is 0 Å². The number of anilines is 1. The lowest BCUT2D eigenvalue weighted by molar-refractivity contribution is -0.0272. The van der Waals surface area contributed by atoms with Crippen LogP contribution in [-0.2, 0) is 9.68 Å². The van der Waals surface area contributed by atoms with E-state index in [1.807, 2.05) is 52.7 Å². The summed E-state index contributed by atoms with van der Waals surface area (Å²) in [5.74, 6) is 1.51. The zero-order valence-electron chi connectivity index (χ0n) is 17.3. The first-order valence-corrected chi connectivity index (χ1v) is 10.3. The van der Waals surface area contributed by atoms with E-state index in [9.17, 15) is 5.02 Å². The third-order valence-electron chi connectivity index (χ3n) is 7.11. The summed E-state index contributed by atoms with van der Waals surface area (Å²) in [6.45, 7) is 9.97. The van der Waals surface area contributed by atoms with Crippen molar-refractivity contribution in [2.24, 2.45) is 5.92 Å². The van der Waals surface area contributed by atoms with Gasteiger partial charge in [0.05, 0.1) is 22.8 Å². The summed E-state index contributed by atoms with van der Waals surface area (Å²) >= 11 is 0. The van der Waals surface area contributed by atoms with Gasteiger partial charge in [-0.2, -0.15) is 0 Å². The number of hydrogen-bond donors (Lipinski definition) is 2. The lowest BCUT2D eigenvalue weighted by Crippen LogP contribution is -2.44. The summed E-state index contributed by atoms with van der Waals surface area (Å²) in [4.78, 5) is 22.7. The molecule has 0 unspecified atom stereocenters. The third-order valence-corrected chi connectivity index (χ3v) is 7.11. The fraction of sp³-hybridized carbons (Fsp3) is 0.650. The van der Waals surface area contributed by atoms with Crippen LogP contribution in [0, 0.1) is 5.92 Å². The lowest BCUT2D eigenvalue weighted by Gasteiger charge is -2.34. The van der Waals surface area contributed by atoms with E-state index in [0.717, 1.165) is 29.0 Å². The lowest BCUT2D eigenvalue weighted by atomic mass is 9.79. The number of fused-ring (bicyclic) bond motifs is 3. The maximum atomic E-state index is 10.3. The number of imidazole rings is 1. The van der Waals surface area contributed by atoms with E-state index in [2.05, 4.69) is 9.79 Å². The highest BCUT2D eigenvalue weighted by molar-refractivity contribution is 6.45. The van der Waals surface area contributed by atoms with Crippen molar-refractivity contribution in [3.05, 3.63) is 24.0 Å². The SMILES string of the molecule is CB(O)N1[C@@H]2CC[C@@H](C2)[C@H]1c1nc2ccc(N3OC(C)(C)C(C)(C)O3)cc2[nH]1. The summed E-state index contributed by atoms with van der Waals surface area (Å²) in [7, 11) is -0.458. The summed E-state index contributed by atoms with van der Waals surface area (Å²) < 4.78 is 0. The maximum Gasteiger partial charge on any atom is 0.377 e. The number of piperidine rings is 1. The monoisotopic (exact) mass is 384 g/mol. The number of benzene rings is 1. The number of rotatable bonds is 3. The highest BCUT2D eigenvalue weighted by Crippen LogP contribution is 2.50. The van der Waals surface area contributed by atoms with Crippen LogP contribution in [0.3, 0.4) is 0 Å². The molecule has 0 amide bonds. The number of hydrogen-bond acceptors (Lipinski definition) is 6. The van der Waals surface area contributed by atoms with Crippen molar-refractivity contribution in [3.8, 4) is 0 Å². The molecule has 2 saturated heterocycles. The fourth-order valence-corrected chi connectivity index (χ4v) is 4.95. The molecule has 8 heteroatoms. The molecule has 3 aliphatic rings. The highest BCUT2D eigenvalue weighted by Gasteiger charge is 2.51. The molecule has 1 aliphatic carbocycles. The zero-order valence-corrected chi connectivity index (χ0v) is 17.3. The minimum Gasteiger partial charge on any atom is -0.437 e. The Hall–Kier alpha value is -1.61. The van der Waals surface area contributed by atoms with E-state index in [4.69, 9.17) is 14.7 Å². The molecule has 1 saturated carbocycles. The van der Waals surface area contributed by atoms with Gasteiger partial charge in [0.25, 0.3) is 0 Å². The Morgan fingerprint density at radius 1 is 1.18 bits per heavy atom. The largest absolute Gasteiger partial charge is 0.437 e. The van der Waals surface area contributed by atoms with Crippen molar-refractivity contribution >= 4 is 23.8 Å². The Balaban J connectivity index is 1.47. The predicted octanol–water partition coefficient (Wildman–Crippen LogP) is 3.44. The molecule has 0 radical (unpaired) electrons. The molecule has 3 fully saturated rings. The third kappa shape index (κ3) is 2.62. The number of nitrogens with one attached hydrogen (secondary N) is 1. The van der Waals surface area contributed by atoms with E-state index in [0.29, 0.717) is 12.0 Å². The molecule has 1 aromatic heterocycles. The van der Waals surface area contributed by atoms with Gasteiger partial charge < -0.3 is 14.8 Å². The molecule has 3 heterocycles. The van der Waals surface area contributed by atoms with Crippen LogP contribution in [0.25, 0.3) is 11.0 Å². The van der Waals surface area contributed by atoms with Crippen molar-refractivity contribution in [2.75, 3.05) is 5.23 Å². The molecule has 5 rings (SSSR count). The Bertz CT molecular complexity index is 896. The van der Waals surface area contributed by atoms with E-state index in [1.165, 1.54) is 18.1 Å². The second kappa shape index (κ2) is 5.95. The smallest absolute Gasteiger partial charge is 0.377 e. The molecule has 2 aromatic rings. The van der Waals surface area contributed by atoms with Crippen molar-refractivity contribution < 1.29 is 14.7 Å². The maximum absolute atomic E-state index is 10.3. The molecule has 1 aromatic carbocycles. The van der Waals surface area contributed by atoms with E-state index in [-0.39, 0.29) is 6.04 Å². The molecule has 3 atom stereocenters. The number of H-pyrrole nitrogens is 1. The van der Waals surface area contributed by atoms with Crippen LogP contribution in [0.5, 0.6) is 0 Å². The quantitative estimate of drug-likeness (QED) is 0.790. The van der Waals surface area contributed by atoms with Gasteiger partial charge in [-0.15, -0.1) is 5.23 Å². The van der Waals surface area contributed by atoms with Crippen molar-refractivity contribution in [3.63, 3.8) is 0 Å². The molecule has 7 nitrogen and oxygen atoms in total. The number of aromatic nitrogens is 2. The van der Waals surface area contributed by atoms with Gasteiger partial charge in [0.15, 0.2) is 0 Å². The highest BCUT2D eigenvalue weighted by atomic mass is 17.0. The minimum atomic E-state index is -0.458. The molecule has 28 heavy (non-hydrogen) atoms. The molecule has 0 spiro atoms. The second-order valence-corrected chi connectivity index (χ2v) is 9.53. The molecular weight excluding hydrogens is 355 g/mol. The zero-order chi connectivity index (χ0) is 19.8. The van der Waals surface area contributed by atoms with Crippen LogP contribution in [0.1, 0.15) is 58.8 Å². The number of aromatic amines is 1. The fourth-order valence-electron chi connectivity index (χ4n) is 4.95. The van der Waals surface area contributed by atoms with Gasteiger partial charge >= 0.3 is 7.05 Å². The standard InChI is InChI=1S/C20H29BN4O3/c1-19(2)20(3,4)28-25(27-19)14-8-9-15-16(11-14)23-18(22-15)17-12-6-7-13(10-12)24(17)21(5)26/h8-9,11-13,17,26H,6-7,10H2,1-5H3,(H,22,23)/t12-,13+,17-/m0/s1. The number of nitrogens with zero attached hydrogens (tertiary/aromatic N) is 3. The van der Waals surface area contributed by atoms with Crippen molar-refractivity contribution in [2.45, 2.75) is 77.1 Å². The minimum absolute atomic E-state index is 0.159. The summed E-state index contributed by atoms with van der Waals surface area (Å²) in [6, 6.07) is 6.61. The Morgan fingerprint density at radius 2 is 1.89 bits per heavy atom. The molecule has 150 valence electrons. The molecule has 2 aliphatic heterocycles. The molecular formula is C20H29BN4O3. The van der Waals surface area contributed by atoms with Crippen LogP contribution in [-0.4, -0.2) is 44.1 Å². The second-order valence-electron chi connectivity index (χ2n) is 9.53. The first-order valence-electron chi connectivity index (χ1n) is 10.3. The average molecular weight is 384 g/mol. The Labute approximate surface area is 166 Å². The summed E-state index contributed by atoms with van der Waals surface area (Å²) in [6.07, 6.45) is 3.53. The first-order chi connectivity index (χ1) is 13.2. The average Bonchev–Trinajstić information content (AvgIpc) is 3.35. The van der Waals surface area contributed by atoms with Gasteiger partial charge in [-0.05, 0) is 77.9 Å². The molecule has 2 bridgehead atoms. The van der Waals surface area contributed by atoms with E-state index < -0.39 is 18.3 Å². The normalized spacial score (nSPS) is 31.2. The van der Waals surface area contributed by atoms with Crippen LogP contribution in [0.15, 0.2) is 18.2 Å². The van der Waals surface area contributed by atoms with Gasteiger partial charge in [0.2, 0.25) is 0 Å². The van der Waals surface area contributed by atoms with Crippen molar-refractivity contribution in [1.29, 1.82) is 0 Å².